The summed E-state index contributed by atoms with van der Waals surface area (Å²) in [7, 11) is 0. The van der Waals surface area contributed by atoms with E-state index in [2.05, 4.69) is 0 Å². The second-order valence-corrected chi connectivity index (χ2v) is 9.71. The number of fused-ring (bicyclic) bond motifs is 5. The zero-order chi connectivity index (χ0) is 19.8. The lowest BCUT2D eigenvalue weighted by Crippen LogP contribution is -2.62. The smallest absolute Gasteiger partial charge is 0.190 e. The van der Waals surface area contributed by atoms with Crippen LogP contribution in [0.4, 0.5) is 0 Å². The van der Waals surface area contributed by atoms with Crippen molar-refractivity contribution in [3.63, 3.8) is 0 Å². The molecule has 0 heterocycles. The van der Waals surface area contributed by atoms with Crippen molar-refractivity contribution < 1.29 is 30.0 Å². The van der Waals surface area contributed by atoms with Crippen LogP contribution >= 0.6 is 0 Å². The van der Waals surface area contributed by atoms with E-state index in [1.54, 1.807) is 6.08 Å². The number of carbonyl (C=O) groups is 2. The topological polar surface area (TPSA) is 115 Å². The van der Waals surface area contributed by atoms with Crippen LogP contribution in [0.1, 0.15) is 52.4 Å². The van der Waals surface area contributed by atoms with E-state index in [1.165, 1.54) is 0 Å². The predicted octanol–water partition coefficient (Wildman–Crippen LogP) is 0.752. The highest BCUT2D eigenvalue weighted by atomic mass is 16.3. The first-order chi connectivity index (χ1) is 12.6. The molecule has 0 aliphatic heterocycles. The van der Waals surface area contributed by atoms with E-state index in [0.29, 0.717) is 19.3 Å². The molecule has 3 fully saturated rings. The fraction of sp³-hybridized carbons (Fsp3) is 0.810. The molecule has 4 N–H and O–H groups in total. The monoisotopic (exact) mass is 378 g/mol. The highest BCUT2D eigenvalue weighted by Crippen LogP contribution is 2.67. The van der Waals surface area contributed by atoms with Crippen LogP contribution in [0, 0.1) is 28.6 Å². The summed E-state index contributed by atoms with van der Waals surface area (Å²) >= 11 is 0. The fourth-order valence-electron chi connectivity index (χ4n) is 7.34. The average Bonchev–Trinajstić information content (AvgIpc) is 2.87. The van der Waals surface area contributed by atoms with Crippen LogP contribution in [0.15, 0.2) is 11.6 Å². The van der Waals surface area contributed by atoms with Crippen molar-refractivity contribution in [3.05, 3.63) is 11.6 Å². The molecule has 0 aromatic carbocycles. The third-order valence-electron chi connectivity index (χ3n) is 8.69. The van der Waals surface area contributed by atoms with E-state index in [1.807, 2.05) is 13.8 Å². The van der Waals surface area contributed by atoms with Gasteiger partial charge in [0.05, 0.1) is 6.10 Å². The molecule has 0 aromatic heterocycles. The van der Waals surface area contributed by atoms with Gasteiger partial charge in [0, 0.05) is 5.41 Å². The molecule has 4 rings (SSSR count). The Kier molecular flexibility index (Phi) is 4.25. The summed E-state index contributed by atoms with van der Waals surface area (Å²) in [6.45, 7) is 3.23. The first-order valence-corrected chi connectivity index (χ1v) is 10.1. The Labute approximate surface area is 159 Å². The van der Waals surface area contributed by atoms with Crippen LogP contribution in [0.2, 0.25) is 0 Å². The number of rotatable bonds is 2. The van der Waals surface area contributed by atoms with Crippen molar-refractivity contribution in [2.24, 2.45) is 28.6 Å². The summed E-state index contributed by atoms with van der Waals surface area (Å²) in [6.07, 6.45) is 2.94. The van der Waals surface area contributed by atoms with Crippen LogP contribution in [0.25, 0.3) is 0 Å². The molecule has 0 aromatic rings. The highest BCUT2D eigenvalue weighted by Gasteiger charge is 2.68. The van der Waals surface area contributed by atoms with Crippen molar-refractivity contribution in [2.45, 2.75) is 70.2 Å². The van der Waals surface area contributed by atoms with Crippen LogP contribution in [0.5, 0.6) is 0 Å². The summed E-state index contributed by atoms with van der Waals surface area (Å²) in [5.41, 5.74) is -1.80. The summed E-state index contributed by atoms with van der Waals surface area (Å²) in [4.78, 5) is 24.3. The van der Waals surface area contributed by atoms with Crippen molar-refractivity contribution in [1.29, 1.82) is 0 Å². The number of allylic oxidation sites excluding steroid dienone is 1. The zero-order valence-corrected chi connectivity index (χ0v) is 16.0. The lowest BCUT2D eigenvalue weighted by Gasteiger charge is -2.60. The quantitative estimate of drug-likeness (QED) is 0.564. The van der Waals surface area contributed by atoms with Gasteiger partial charge in [-0.25, -0.2) is 0 Å². The molecule has 0 bridgehead atoms. The average molecular weight is 378 g/mol. The van der Waals surface area contributed by atoms with Crippen LogP contribution in [0.3, 0.4) is 0 Å². The van der Waals surface area contributed by atoms with Gasteiger partial charge >= 0.3 is 0 Å². The lowest BCUT2D eigenvalue weighted by atomic mass is 9.45. The van der Waals surface area contributed by atoms with Gasteiger partial charge in [-0.05, 0) is 67.8 Å². The van der Waals surface area contributed by atoms with Gasteiger partial charge in [-0.1, -0.05) is 19.4 Å². The number of hydrogen-bond donors (Lipinski definition) is 4. The van der Waals surface area contributed by atoms with Gasteiger partial charge in [-0.2, -0.15) is 0 Å². The number of carbonyl (C=O) groups excluding carboxylic acids is 2. The highest BCUT2D eigenvalue weighted by molar-refractivity contribution is 5.95. The van der Waals surface area contributed by atoms with Crippen molar-refractivity contribution in [2.75, 3.05) is 6.61 Å². The molecule has 6 heteroatoms. The molecule has 0 spiro atoms. The maximum Gasteiger partial charge on any atom is 0.190 e. The number of aliphatic hydroxyl groups is 4. The van der Waals surface area contributed by atoms with Crippen molar-refractivity contribution in [1.82, 2.24) is 0 Å². The molecule has 6 nitrogen and oxygen atoms in total. The summed E-state index contributed by atoms with van der Waals surface area (Å²) in [5.74, 6) is -0.731. The largest absolute Gasteiger partial charge is 0.393 e. The Morgan fingerprint density at radius 1 is 1.22 bits per heavy atom. The van der Waals surface area contributed by atoms with Crippen molar-refractivity contribution >= 4 is 11.6 Å². The summed E-state index contributed by atoms with van der Waals surface area (Å²) < 4.78 is 0. The maximum absolute atomic E-state index is 12.4. The Bertz CT molecular complexity index is 715. The molecule has 0 amide bonds. The van der Waals surface area contributed by atoms with Crippen LogP contribution in [-0.2, 0) is 9.59 Å². The first kappa shape index (κ1) is 19.2. The molecule has 3 saturated carbocycles. The molecule has 4 aliphatic rings. The van der Waals surface area contributed by atoms with E-state index in [0.717, 1.165) is 18.4 Å². The molecule has 0 radical (unpaired) electrons. The summed E-state index contributed by atoms with van der Waals surface area (Å²) in [5, 5.41) is 41.9. The maximum atomic E-state index is 12.4. The molecule has 27 heavy (non-hydrogen) atoms. The third-order valence-corrected chi connectivity index (χ3v) is 8.69. The Morgan fingerprint density at radius 3 is 2.59 bits per heavy atom. The number of aliphatic hydroxyl groups excluding tert-OH is 3. The van der Waals surface area contributed by atoms with E-state index in [9.17, 15) is 30.0 Å². The molecule has 1 unspecified atom stereocenters. The van der Waals surface area contributed by atoms with Gasteiger partial charge in [0.2, 0.25) is 0 Å². The van der Waals surface area contributed by atoms with E-state index in [4.69, 9.17) is 0 Å². The standard InChI is InChI=1S/C21H30O6/c1-19-8-15(24)14(23)7-11(19)3-4-12-13-5-6-21(27,17(26)10-22)20(13,2)9-16(25)18(12)19/h7,12-13,15-16,18,22,24-25,27H,3-6,8-10H2,1-2H3/t12-,13-,15?,16-,18+,19-,20-,21-/m0/s1. The third kappa shape index (κ3) is 2.33. The molecule has 150 valence electrons. The molecule has 4 aliphatic carbocycles. The van der Waals surface area contributed by atoms with Crippen molar-refractivity contribution in [3.8, 4) is 0 Å². The molecule has 8 atom stereocenters. The molecular weight excluding hydrogens is 348 g/mol. The molecule has 0 saturated heterocycles. The minimum absolute atomic E-state index is 0.0690. The second-order valence-electron chi connectivity index (χ2n) is 9.71. The zero-order valence-electron chi connectivity index (χ0n) is 16.0. The van der Waals surface area contributed by atoms with Crippen LogP contribution < -0.4 is 0 Å². The first-order valence-electron chi connectivity index (χ1n) is 10.1. The number of hydrogen-bond acceptors (Lipinski definition) is 6. The molecular formula is C21H30O6. The van der Waals surface area contributed by atoms with E-state index in [-0.39, 0.29) is 30.0 Å². The second kappa shape index (κ2) is 5.96. The minimum Gasteiger partial charge on any atom is -0.393 e. The van der Waals surface area contributed by atoms with Gasteiger partial charge in [-0.15, -0.1) is 0 Å². The van der Waals surface area contributed by atoms with Gasteiger partial charge < -0.3 is 20.4 Å². The van der Waals surface area contributed by atoms with E-state index >= 15 is 0 Å². The SMILES string of the molecule is C[C@]12CC(O)C(=O)C=C1CC[C@@H]1[C@@H]2[C@@H](O)C[C@@]2(C)[C@H]1CC[C@]2(O)C(=O)CO. The number of Topliss-reactive ketones (excluding diaryl/α,β-unsaturated/α-hetero) is 1. The Morgan fingerprint density at radius 2 is 1.93 bits per heavy atom. The van der Waals surface area contributed by atoms with Gasteiger partial charge in [-0.3, -0.25) is 9.59 Å². The Balaban J connectivity index is 1.74. The fourth-order valence-corrected chi connectivity index (χ4v) is 7.34. The minimum atomic E-state index is -1.60. The van der Waals surface area contributed by atoms with Crippen LogP contribution in [-0.4, -0.2) is 56.4 Å². The lowest BCUT2D eigenvalue weighted by molar-refractivity contribution is -0.184. The van der Waals surface area contributed by atoms with Gasteiger partial charge in [0.1, 0.15) is 18.3 Å². The predicted molar refractivity (Wildman–Crippen MR) is 96.5 cm³/mol. The van der Waals surface area contributed by atoms with E-state index < -0.39 is 41.0 Å². The van der Waals surface area contributed by atoms with Gasteiger partial charge in [0.25, 0.3) is 0 Å². The Hall–Kier alpha value is -1.08. The number of ketones is 2. The summed E-state index contributed by atoms with van der Waals surface area (Å²) in [6, 6.07) is 0. The van der Waals surface area contributed by atoms with Gasteiger partial charge in [0.15, 0.2) is 11.6 Å². The normalized spacial score (nSPS) is 51.9.